The van der Waals surface area contributed by atoms with Gasteiger partial charge in [0.25, 0.3) is 0 Å². The van der Waals surface area contributed by atoms with Crippen LogP contribution in [0, 0.1) is 5.82 Å². The van der Waals surface area contributed by atoms with Crippen LogP contribution in [0.3, 0.4) is 0 Å². The zero-order valence-electron chi connectivity index (χ0n) is 9.78. The Morgan fingerprint density at radius 3 is 2.50 bits per heavy atom. The zero-order chi connectivity index (χ0) is 13.1. The van der Waals surface area contributed by atoms with Gasteiger partial charge in [-0.3, -0.25) is 19.8 Å². The molecule has 5 nitrogen and oxygen atoms in total. The maximum absolute atomic E-state index is 13.2. The Kier molecular flexibility index (Phi) is 3.69. The molecule has 0 atom stereocenters. The van der Waals surface area contributed by atoms with Gasteiger partial charge >= 0.3 is 0 Å². The fraction of sp³-hybridized carbons (Fsp3) is 0.333. The molecule has 0 unspecified atom stereocenters. The number of halogens is 1. The number of benzene rings is 1. The van der Waals surface area contributed by atoms with Crippen LogP contribution >= 0.6 is 0 Å². The van der Waals surface area contributed by atoms with Gasteiger partial charge in [-0.05, 0) is 23.3 Å². The molecular weight excluding hydrogens is 237 g/mol. The number of imide groups is 1. The summed E-state index contributed by atoms with van der Waals surface area (Å²) in [5.41, 5.74) is 7.10. The van der Waals surface area contributed by atoms with E-state index in [-0.39, 0.29) is 30.7 Å². The van der Waals surface area contributed by atoms with E-state index < -0.39 is 0 Å². The molecule has 1 aromatic carbocycles. The van der Waals surface area contributed by atoms with E-state index in [9.17, 15) is 14.0 Å². The number of carbonyl (C=O) groups is 2. The lowest BCUT2D eigenvalue weighted by atomic mass is 10.1. The summed E-state index contributed by atoms with van der Waals surface area (Å²) in [6.07, 6.45) is 0. The Labute approximate surface area is 104 Å². The Bertz CT molecular complexity index is 474. The molecule has 1 aromatic rings. The van der Waals surface area contributed by atoms with Gasteiger partial charge in [-0.25, -0.2) is 4.39 Å². The predicted octanol–water partition coefficient (Wildman–Crippen LogP) is -0.257. The molecule has 0 saturated carbocycles. The molecule has 1 heterocycles. The predicted molar refractivity (Wildman–Crippen MR) is 62.7 cm³/mol. The van der Waals surface area contributed by atoms with Crippen molar-refractivity contribution >= 4 is 11.8 Å². The second kappa shape index (κ2) is 5.24. The van der Waals surface area contributed by atoms with Gasteiger partial charge in [-0.2, -0.15) is 0 Å². The SMILES string of the molecule is NCc1ccc(F)cc1CN1CC(=O)NC(=O)C1. The van der Waals surface area contributed by atoms with Gasteiger partial charge in [0.05, 0.1) is 13.1 Å². The third kappa shape index (κ3) is 2.91. The zero-order valence-corrected chi connectivity index (χ0v) is 9.78. The van der Waals surface area contributed by atoms with Gasteiger partial charge in [-0.15, -0.1) is 0 Å². The molecule has 96 valence electrons. The highest BCUT2D eigenvalue weighted by Crippen LogP contribution is 2.14. The average Bonchev–Trinajstić information content (AvgIpc) is 2.27. The fourth-order valence-electron chi connectivity index (χ4n) is 1.99. The minimum atomic E-state index is -0.352. The second-order valence-electron chi connectivity index (χ2n) is 4.23. The maximum atomic E-state index is 13.2. The highest BCUT2D eigenvalue weighted by molar-refractivity contribution is 5.99. The number of nitrogens with two attached hydrogens (primary N) is 1. The maximum Gasteiger partial charge on any atom is 0.240 e. The Morgan fingerprint density at radius 2 is 1.89 bits per heavy atom. The van der Waals surface area contributed by atoms with Crippen LogP contribution in [0.15, 0.2) is 18.2 Å². The van der Waals surface area contributed by atoms with E-state index >= 15 is 0 Å². The van der Waals surface area contributed by atoms with Crippen molar-refractivity contribution in [2.45, 2.75) is 13.1 Å². The third-order valence-corrected chi connectivity index (χ3v) is 2.80. The number of nitrogens with one attached hydrogen (secondary N) is 1. The van der Waals surface area contributed by atoms with E-state index in [0.717, 1.165) is 5.56 Å². The largest absolute Gasteiger partial charge is 0.326 e. The fourth-order valence-corrected chi connectivity index (χ4v) is 1.99. The van der Waals surface area contributed by atoms with Crippen molar-refractivity contribution in [3.05, 3.63) is 35.1 Å². The number of carbonyl (C=O) groups excluding carboxylic acids is 2. The molecule has 18 heavy (non-hydrogen) atoms. The van der Waals surface area contributed by atoms with Crippen LogP contribution in [0.4, 0.5) is 4.39 Å². The topological polar surface area (TPSA) is 75.4 Å². The number of hydrogen-bond donors (Lipinski definition) is 2. The van der Waals surface area contributed by atoms with Gasteiger partial charge in [0.15, 0.2) is 0 Å². The van der Waals surface area contributed by atoms with Crippen LogP contribution < -0.4 is 11.1 Å². The summed E-state index contributed by atoms with van der Waals surface area (Å²) in [5.74, 6) is -1.02. The van der Waals surface area contributed by atoms with Crippen LogP contribution in [0.1, 0.15) is 11.1 Å². The first-order valence-corrected chi connectivity index (χ1v) is 5.61. The Morgan fingerprint density at radius 1 is 1.22 bits per heavy atom. The van der Waals surface area contributed by atoms with Gasteiger partial charge in [0, 0.05) is 13.1 Å². The van der Waals surface area contributed by atoms with Crippen LogP contribution in [0.5, 0.6) is 0 Å². The molecule has 0 aliphatic carbocycles. The molecule has 2 amide bonds. The van der Waals surface area contributed by atoms with Crippen LogP contribution in [0.2, 0.25) is 0 Å². The minimum absolute atomic E-state index is 0.131. The first kappa shape index (κ1) is 12.7. The van der Waals surface area contributed by atoms with Crippen molar-refractivity contribution in [3.63, 3.8) is 0 Å². The van der Waals surface area contributed by atoms with Gasteiger partial charge in [-0.1, -0.05) is 6.07 Å². The molecule has 2 rings (SSSR count). The second-order valence-corrected chi connectivity index (χ2v) is 4.23. The van der Waals surface area contributed by atoms with E-state index in [2.05, 4.69) is 5.32 Å². The van der Waals surface area contributed by atoms with Crippen molar-refractivity contribution in [2.24, 2.45) is 5.73 Å². The first-order valence-electron chi connectivity index (χ1n) is 5.61. The summed E-state index contributed by atoms with van der Waals surface area (Å²) < 4.78 is 13.2. The molecule has 0 aromatic heterocycles. The standard InChI is InChI=1S/C12H14FN3O2/c13-10-2-1-8(4-14)9(3-10)5-16-6-11(17)15-12(18)7-16/h1-3H,4-7,14H2,(H,15,17,18). The van der Waals surface area contributed by atoms with Crippen molar-refractivity contribution in [1.82, 2.24) is 10.2 Å². The van der Waals surface area contributed by atoms with E-state index in [0.29, 0.717) is 18.7 Å². The molecule has 3 N–H and O–H groups in total. The molecule has 1 aliphatic heterocycles. The minimum Gasteiger partial charge on any atom is -0.326 e. The van der Waals surface area contributed by atoms with Crippen molar-refractivity contribution in [2.75, 3.05) is 13.1 Å². The van der Waals surface area contributed by atoms with Crippen molar-refractivity contribution in [1.29, 1.82) is 0 Å². The molecular formula is C12H14FN3O2. The summed E-state index contributed by atoms with van der Waals surface area (Å²) in [4.78, 5) is 24.1. The normalized spacial score (nSPS) is 16.8. The number of piperazine rings is 1. The van der Waals surface area contributed by atoms with Crippen molar-refractivity contribution < 1.29 is 14.0 Å². The molecule has 1 aliphatic rings. The van der Waals surface area contributed by atoms with Gasteiger partial charge < -0.3 is 5.73 Å². The number of nitrogens with zero attached hydrogens (tertiary/aromatic N) is 1. The molecule has 6 heteroatoms. The van der Waals surface area contributed by atoms with Gasteiger partial charge in [0.1, 0.15) is 5.82 Å². The smallest absolute Gasteiger partial charge is 0.240 e. The summed E-state index contributed by atoms with van der Waals surface area (Å²) in [6, 6.07) is 4.36. The van der Waals surface area contributed by atoms with Crippen LogP contribution in [0.25, 0.3) is 0 Å². The molecule has 0 bridgehead atoms. The van der Waals surface area contributed by atoms with E-state index in [4.69, 9.17) is 5.73 Å². The lowest BCUT2D eigenvalue weighted by Gasteiger charge is -2.26. The van der Waals surface area contributed by atoms with E-state index in [1.807, 2.05) is 0 Å². The summed E-state index contributed by atoms with van der Waals surface area (Å²) >= 11 is 0. The average molecular weight is 251 g/mol. The number of rotatable bonds is 3. The number of hydrogen-bond acceptors (Lipinski definition) is 4. The van der Waals surface area contributed by atoms with E-state index in [1.54, 1.807) is 11.0 Å². The highest BCUT2D eigenvalue weighted by Gasteiger charge is 2.22. The third-order valence-electron chi connectivity index (χ3n) is 2.80. The summed E-state index contributed by atoms with van der Waals surface area (Å²) in [7, 11) is 0. The summed E-state index contributed by atoms with van der Waals surface area (Å²) in [6.45, 7) is 0.894. The number of amides is 2. The van der Waals surface area contributed by atoms with Crippen LogP contribution in [-0.4, -0.2) is 29.8 Å². The molecule has 0 radical (unpaired) electrons. The monoisotopic (exact) mass is 251 g/mol. The first-order chi connectivity index (χ1) is 8.58. The lowest BCUT2D eigenvalue weighted by Crippen LogP contribution is -2.50. The van der Waals surface area contributed by atoms with Crippen LogP contribution in [-0.2, 0) is 22.7 Å². The Hall–Kier alpha value is -1.79. The van der Waals surface area contributed by atoms with Gasteiger partial charge in [0.2, 0.25) is 11.8 Å². The summed E-state index contributed by atoms with van der Waals surface area (Å²) in [5, 5.41) is 2.22. The molecule has 1 saturated heterocycles. The molecule has 0 spiro atoms. The highest BCUT2D eigenvalue weighted by atomic mass is 19.1. The van der Waals surface area contributed by atoms with E-state index in [1.165, 1.54) is 12.1 Å². The lowest BCUT2D eigenvalue weighted by molar-refractivity contribution is -0.136. The van der Waals surface area contributed by atoms with Crippen molar-refractivity contribution in [3.8, 4) is 0 Å². The Balaban J connectivity index is 2.15. The quantitative estimate of drug-likeness (QED) is 0.726. The molecule has 1 fully saturated rings.